The van der Waals surface area contributed by atoms with Crippen LogP contribution in [-0.4, -0.2) is 38.0 Å². The quantitative estimate of drug-likeness (QED) is 0.824. The van der Waals surface area contributed by atoms with Gasteiger partial charge in [-0.15, -0.1) is 0 Å². The highest BCUT2D eigenvalue weighted by atomic mass is 32.2. The summed E-state index contributed by atoms with van der Waals surface area (Å²) in [6.07, 6.45) is 0.363. The van der Waals surface area contributed by atoms with Crippen LogP contribution in [0.25, 0.3) is 11.2 Å². The number of carboxylic acids is 1. The molecule has 0 saturated carbocycles. The molecule has 102 valence electrons. The van der Waals surface area contributed by atoms with E-state index in [9.17, 15) is 9.18 Å². The summed E-state index contributed by atoms with van der Waals surface area (Å²) in [5, 5.41) is 9.30. The normalized spacial score (nSPS) is 11.1. The Morgan fingerprint density at radius 2 is 2.26 bits per heavy atom. The smallest absolute Gasteiger partial charge is 0.313 e. The van der Waals surface area contributed by atoms with Crippen LogP contribution in [0.2, 0.25) is 0 Å². The van der Waals surface area contributed by atoms with Gasteiger partial charge in [-0.2, -0.15) is 0 Å². The number of halogens is 1. The molecule has 2 heterocycles. The van der Waals surface area contributed by atoms with Gasteiger partial charge in [0.1, 0.15) is 5.52 Å². The molecule has 0 aromatic carbocycles. The largest absolute Gasteiger partial charge is 0.481 e. The first-order valence-corrected chi connectivity index (χ1v) is 6.85. The Bertz CT molecular complexity index is 600. The van der Waals surface area contributed by atoms with Crippen molar-refractivity contribution in [2.45, 2.75) is 25.0 Å². The predicted octanol–water partition coefficient (Wildman–Crippen LogP) is 2.28. The molecule has 0 amide bonds. The Labute approximate surface area is 113 Å². The lowest BCUT2D eigenvalue weighted by atomic mass is 10.3. The number of thioether (sulfide) groups is 1. The average molecular weight is 283 g/mol. The lowest BCUT2D eigenvalue weighted by Gasteiger charge is -2.06. The van der Waals surface area contributed by atoms with E-state index in [2.05, 4.69) is 9.97 Å². The summed E-state index contributed by atoms with van der Waals surface area (Å²) >= 11 is 1.13. The van der Waals surface area contributed by atoms with E-state index in [1.807, 2.05) is 19.1 Å². The number of aryl methyl sites for hydroxylation is 2. The van der Waals surface area contributed by atoms with E-state index in [4.69, 9.17) is 5.11 Å². The van der Waals surface area contributed by atoms with Gasteiger partial charge < -0.3 is 9.67 Å². The number of fused-ring (bicyclic) bond motifs is 1. The number of hydrogen-bond donors (Lipinski definition) is 1. The van der Waals surface area contributed by atoms with E-state index in [1.165, 1.54) is 0 Å². The van der Waals surface area contributed by atoms with Crippen LogP contribution < -0.4 is 0 Å². The van der Waals surface area contributed by atoms with Crippen LogP contribution in [0, 0.1) is 6.92 Å². The monoisotopic (exact) mass is 283 g/mol. The van der Waals surface area contributed by atoms with Gasteiger partial charge in [-0.1, -0.05) is 11.8 Å². The number of imidazole rings is 1. The molecule has 2 rings (SSSR count). The fraction of sp³-hybridized carbons (Fsp3) is 0.417. The number of nitrogens with zero attached hydrogens (tertiary/aromatic N) is 3. The maximum atomic E-state index is 12.4. The molecule has 0 bridgehead atoms. The third kappa shape index (κ3) is 3.23. The summed E-state index contributed by atoms with van der Waals surface area (Å²) in [5.41, 5.74) is 2.24. The van der Waals surface area contributed by atoms with Crippen LogP contribution in [0.3, 0.4) is 0 Å². The Balaban J connectivity index is 2.39. The molecule has 0 unspecified atom stereocenters. The average Bonchev–Trinajstić information content (AvgIpc) is 2.71. The molecular formula is C12H14FN3O2S. The standard InChI is InChI=1S/C12H14FN3O2S/c1-8-3-4-9-11(14-8)16(6-2-5-13)12(15-9)19-7-10(17)18/h3-4H,2,5-7H2,1H3,(H,17,18). The van der Waals surface area contributed by atoms with E-state index >= 15 is 0 Å². The van der Waals surface area contributed by atoms with E-state index in [-0.39, 0.29) is 5.75 Å². The molecular weight excluding hydrogens is 269 g/mol. The third-order valence-corrected chi connectivity index (χ3v) is 3.50. The van der Waals surface area contributed by atoms with Crippen LogP contribution >= 0.6 is 11.8 Å². The molecule has 0 atom stereocenters. The predicted molar refractivity (Wildman–Crippen MR) is 71.2 cm³/mol. The van der Waals surface area contributed by atoms with Gasteiger partial charge in [0.15, 0.2) is 10.8 Å². The zero-order valence-electron chi connectivity index (χ0n) is 10.5. The number of rotatable bonds is 6. The number of carboxylic acid groups (broad SMARTS) is 1. The first-order chi connectivity index (χ1) is 9.11. The second-order valence-corrected chi connectivity index (χ2v) is 5.01. The number of alkyl halides is 1. The van der Waals surface area contributed by atoms with Crippen molar-refractivity contribution in [2.75, 3.05) is 12.4 Å². The zero-order chi connectivity index (χ0) is 13.8. The van der Waals surface area contributed by atoms with Crippen molar-refractivity contribution in [3.8, 4) is 0 Å². The van der Waals surface area contributed by atoms with Crippen molar-refractivity contribution in [3.63, 3.8) is 0 Å². The highest BCUT2D eigenvalue weighted by molar-refractivity contribution is 7.99. The highest BCUT2D eigenvalue weighted by Gasteiger charge is 2.13. The van der Waals surface area contributed by atoms with Gasteiger partial charge in [-0.25, -0.2) is 9.97 Å². The Kier molecular flexibility index (Phi) is 4.36. The molecule has 0 saturated heterocycles. The minimum absolute atomic E-state index is 0.0715. The lowest BCUT2D eigenvalue weighted by Crippen LogP contribution is -2.05. The molecule has 0 fully saturated rings. The van der Waals surface area contributed by atoms with Crippen LogP contribution in [0.4, 0.5) is 4.39 Å². The maximum Gasteiger partial charge on any atom is 0.313 e. The van der Waals surface area contributed by atoms with Crippen molar-refractivity contribution in [1.82, 2.24) is 14.5 Å². The topological polar surface area (TPSA) is 68.0 Å². The van der Waals surface area contributed by atoms with E-state index in [0.29, 0.717) is 29.3 Å². The summed E-state index contributed by atoms with van der Waals surface area (Å²) < 4.78 is 14.1. The molecule has 0 radical (unpaired) electrons. The van der Waals surface area contributed by atoms with Gasteiger partial charge in [0, 0.05) is 12.2 Å². The Morgan fingerprint density at radius 3 is 2.95 bits per heavy atom. The first-order valence-electron chi connectivity index (χ1n) is 5.86. The summed E-state index contributed by atoms with van der Waals surface area (Å²) in [4.78, 5) is 19.4. The lowest BCUT2D eigenvalue weighted by molar-refractivity contribution is -0.133. The van der Waals surface area contributed by atoms with Crippen molar-refractivity contribution in [2.24, 2.45) is 0 Å². The molecule has 1 N–H and O–H groups in total. The summed E-state index contributed by atoms with van der Waals surface area (Å²) in [6, 6.07) is 3.69. The maximum absolute atomic E-state index is 12.4. The Hall–Kier alpha value is -1.63. The van der Waals surface area contributed by atoms with E-state index < -0.39 is 12.6 Å². The fourth-order valence-electron chi connectivity index (χ4n) is 1.73. The highest BCUT2D eigenvalue weighted by Crippen LogP contribution is 2.23. The molecule has 2 aromatic rings. The molecule has 0 aliphatic rings. The second-order valence-electron chi connectivity index (χ2n) is 4.07. The van der Waals surface area contributed by atoms with Crippen LogP contribution in [0.5, 0.6) is 0 Å². The molecule has 5 nitrogen and oxygen atoms in total. The minimum atomic E-state index is -0.904. The molecule has 19 heavy (non-hydrogen) atoms. The number of aliphatic carboxylic acids is 1. The molecule has 2 aromatic heterocycles. The number of aromatic nitrogens is 3. The summed E-state index contributed by atoms with van der Waals surface area (Å²) in [6.45, 7) is 1.90. The van der Waals surface area contributed by atoms with Gasteiger partial charge in [0.05, 0.1) is 12.4 Å². The molecule has 7 heteroatoms. The van der Waals surface area contributed by atoms with Crippen LogP contribution in [0.15, 0.2) is 17.3 Å². The van der Waals surface area contributed by atoms with Crippen molar-refractivity contribution < 1.29 is 14.3 Å². The fourth-order valence-corrected chi connectivity index (χ4v) is 2.48. The van der Waals surface area contributed by atoms with E-state index in [0.717, 1.165) is 17.5 Å². The van der Waals surface area contributed by atoms with Crippen molar-refractivity contribution in [3.05, 3.63) is 17.8 Å². The van der Waals surface area contributed by atoms with Gasteiger partial charge >= 0.3 is 5.97 Å². The second kappa shape index (κ2) is 6.01. The van der Waals surface area contributed by atoms with Gasteiger partial charge in [-0.3, -0.25) is 9.18 Å². The van der Waals surface area contributed by atoms with Crippen LogP contribution in [-0.2, 0) is 11.3 Å². The SMILES string of the molecule is Cc1ccc2nc(SCC(=O)O)n(CCCF)c2n1. The van der Waals surface area contributed by atoms with E-state index in [1.54, 1.807) is 4.57 Å². The van der Waals surface area contributed by atoms with Crippen molar-refractivity contribution >= 4 is 28.9 Å². The minimum Gasteiger partial charge on any atom is -0.481 e. The third-order valence-electron chi connectivity index (χ3n) is 2.54. The molecule has 0 aliphatic heterocycles. The summed E-state index contributed by atoms with van der Waals surface area (Å²) in [7, 11) is 0. The number of carbonyl (C=O) groups is 1. The van der Waals surface area contributed by atoms with Crippen LogP contribution in [0.1, 0.15) is 12.1 Å². The van der Waals surface area contributed by atoms with Gasteiger partial charge in [0.2, 0.25) is 0 Å². The van der Waals surface area contributed by atoms with Gasteiger partial charge in [-0.05, 0) is 25.5 Å². The Morgan fingerprint density at radius 1 is 1.47 bits per heavy atom. The first kappa shape index (κ1) is 13.8. The number of hydrogen-bond acceptors (Lipinski definition) is 4. The summed E-state index contributed by atoms with van der Waals surface area (Å²) in [5.74, 6) is -0.976. The van der Waals surface area contributed by atoms with Crippen molar-refractivity contribution in [1.29, 1.82) is 0 Å². The molecule has 0 spiro atoms. The zero-order valence-corrected chi connectivity index (χ0v) is 11.3. The molecule has 0 aliphatic carbocycles. The number of pyridine rings is 1. The van der Waals surface area contributed by atoms with Gasteiger partial charge in [0.25, 0.3) is 0 Å².